The van der Waals surface area contributed by atoms with Crippen molar-refractivity contribution < 1.29 is 9.26 Å². The van der Waals surface area contributed by atoms with E-state index in [9.17, 15) is 0 Å². The van der Waals surface area contributed by atoms with Crippen molar-refractivity contribution in [2.75, 3.05) is 38.2 Å². The number of methoxy groups -OCH3 is 1. The Balaban J connectivity index is 1.38. The molecule has 0 radical (unpaired) electrons. The van der Waals surface area contributed by atoms with E-state index in [1.165, 1.54) is 0 Å². The molecule has 2 fully saturated rings. The molecular weight excluding hydrogens is 296 g/mol. The van der Waals surface area contributed by atoms with Crippen molar-refractivity contribution in [2.24, 2.45) is 11.8 Å². The standard InChI is InChI=1S/C15H20N6O2/c1-10-17-14(23-19-10)9-20-5-11-7-21(8-12(11)6-20)15-16-4-3-13(18-15)22-2/h3-4,11-12H,5-9H2,1-2H3. The molecule has 2 atom stereocenters. The summed E-state index contributed by atoms with van der Waals surface area (Å²) in [5.41, 5.74) is 0. The number of hydrogen-bond acceptors (Lipinski definition) is 8. The van der Waals surface area contributed by atoms with Gasteiger partial charge in [0.1, 0.15) is 0 Å². The maximum Gasteiger partial charge on any atom is 0.240 e. The highest BCUT2D eigenvalue weighted by molar-refractivity contribution is 5.34. The third kappa shape index (κ3) is 2.86. The summed E-state index contributed by atoms with van der Waals surface area (Å²) >= 11 is 0. The lowest BCUT2D eigenvalue weighted by Gasteiger charge is -2.20. The first-order valence-corrected chi connectivity index (χ1v) is 7.85. The zero-order chi connectivity index (χ0) is 15.8. The molecule has 0 aliphatic carbocycles. The molecule has 0 saturated carbocycles. The molecule has 0 N–H and O–H groups in total. The molecule has 8 nitrogen and oxygen atoms in total. The number of aryl methyl sites for hydroxylation is 1. The van der Waals surface area contributed by atoms with E-state index in [0.29, 0.717) is 29.4 Å². The summed E-state index contributed by atoms with van der Waals surface area (Å²) in [6.07, 6.45) is 1.75. The van der Waals surface area contributed by atoms with Gasteiger partial charge in [0, 0.05) is 38.4 Å². The molecule has 23 heavy (non-hydrogen) atoms. The van der Waals surface area contributed by atoms with Crippen LogP contribution in [-0.2, 0) is 6.54 Å². The number of nitrogens with zero attached hydrogens (tertiary/aromatic N) is 6. The van der Waals surface area contributed by atoms with Crippen LogP contribution in [0.5, 0.6) is 5.88 Å². The lowest BCUT2D eigenvalue weighted by Crippen LogP contribution is -2.29. The summed E-state index contributed by atoms with van der Waals surface area (Å²) in [5, 5.41) is 3.85. The first-order valence-electron chi connectivity index (χ1n) is 7.85. The van der Waals surface area contributed by atoms with E-state index in [1.807, 2.05) is 6.92 Å². The number of aromatic nitrogens is 4. The fraction of sp³-hybridized carbons (Fsp3) is 0.600. The van der Waals surface area contributed by atoms with Gasteiger partial charge in [-0.3, -0.25) is 4.90 Å². The van der Waals surface area contributed by atoms with E-state index >= 15 is 0 Å². The van der Waals surface area contributed by atoms with Gasteiger partial charge in [0.25, 0.3) is 0 Å². The van der Waals surface area contributed by atoms with E-state index in [0.717, 1.165) is 38.7 Å². The van der Waals surface area contributed by atoms with Crippen LogP contribution in [0.3, 0.4) is 0 Å². The highest BCUT2D eigenvalue weighted by Gasteiger charge is 2.41. The van der Waals surface area contributed by atoms with E-state index in [1.54, 1.807) is 19.4 Å². The average molecular weight is 316 g/mol. The maximum absolute atomic E-state index is 5.22. The highest BCUT2D eigenvalue weighted by atomic mass is 16.5. The second kappa shape index (κ2) is 5.77. The molecule has 2 aliphatic heterocycles. The van der Waals surface area contributed by atoms with Gasteiger partial charge in [-0.05, 0) is 18.8 Å². The normalized spacial score (nSPS) is 24.2. The third-order valence-corrected chi connectivity index (χ3v) is 4.60. The molecule has 2 aromatic rings. The molecule has 0 spiro atoms. The van der Waals surface area contributed by atoms with Crippen molar-refractivity contribution in [1.29, 1.82) is 0 Å². The summed E-state index contributed by atoms with van der Waals surface area (Å²) in [5.74, 6) is 4.04. The Bertz CT molecular complexity index is 676. The molecule has 0 bridgehead atoms. The van der Waals surface area contributed by atoms with Crippen LogP contribution in [0, 0.1) is 18.8 Å². The summed E-state index contributed by atoms with van der Waals surface area (Å²) in [7, 11) is 1.63. The van der Waals surface area contributed by atoms with Crippen LogP contribution < -0.4 is 9.64 Å². The molecule has 4 heterocycles. The lowest BCUT2D eigenvalue weighted by molar-refractivity contribution is 0.255. The van der Waals surface area contributed by atoms with Crippen LogP contribution in [-0.4, -0.2) is 58.3 Å². The Morgan fingerprint density at radius 2 is 2.00 bits per heavy atom. The largest absolute Gasteiger partial charge is 0.481 e. The van der Waals surface area contributed by atoms with Gasteiger partial charge in [0.05, 0.1) is 13.7 Å². The Hall–Kier alpha value is -2.22. The summed E-state index contributed by atoms with van der Waals surface area (Å²) in [6, 6.07) is 1.77. The first-order chi connectivity index (χ1) is 11.2. The van der Waals surface area contributed by atoms with Crippen LogP contribution in [0.15, 0.2) is 16.8 Å². The SMILES string of the molecule is COc1ccnc(N2CC3CN(Cc4nc(C)no4)CC3C2)n1. The second-order valence-corrected chi connectivity index (χ2v) is 6.25. The predicted molar refractivity (Wildman–Crippen MR) is 82.1 cm³/mol. The zero-order valence-electron chi connectivity index (χ0n) is 13.3. The summed E-state index contributed by atoms with van der Waals surface area (Å²) in [4.78, 5) is 17.7. The van der Waals surface area contributed by atoms with Crippen LogP contribution in [0.1, 0.15) is 11.7 Å². The van der Waals surface area contributed by atoms with Gasteiger partial charge < -0.3 is 14.2 Å². The number of hydrogen-bond donors (Lipinski definition) is 0. The van der Waals surface area contributed by atoms with Gasteiger partial charge in [0.2, 0.25) is 17.7 Å². The predicted octanol–water partition coefficient (Wildman–Crippen LogP) is 0.745. The Labute approximate surface area is 134 Å². The zero-order valence-corrected chi connectivity index (χ0v) is 13.3. The topological polar surface area (TPSA) is 80.4 Å². The van der Waals surface area contributed by atoms with E-state index < -0.39 is 0 Å². The minimum atomic E-state index is 0.612. The lowest BCUT2D eigenvalue weighted by atomic mass is 10.0. The van der Waals surface area contributed by atoms with Crippen LogP contribution in [0.2, 0.25) is 0 Å². The average Bonchev–Trinajstić information content (AvgIpc) is 3.22. The van der Waals surface area contributed by atoms with Crippen molar-refractivity contribution >= 4 is 5.95 Å². The Kier molecular flexibility index (Phi) is 3.60. The fourth-order valence-electron chi connectivity index (χ4n) is 3.58. The molecule has 2 unspecified atom stereocenters. The Morgan fingerprint density at radius 1 is 1.22 bits per heavy atom. The van der Waals surface area contributed by atoms with Crippen LogP contribution in [0.4, 0.5) is 5.95 Å². The minimum Gasteiger partial charge on any atom is -0.481 e. The molecule has 4 rings (SSSR count). The van der Waals surface area contributed by atoms with Gasteiger partial charge in [-0.1, -0.05) is 5.16 Å². The number of rotatable bonds is 4. The second-order valence-electron chi connectivity index (χ2n) is 6.25. The molecule has 2 aromatic heterocycles. The molecule has 2 saturated heterocycles. The fourth-order valence-corrected chi connectivity index (χ4v) is 3.58. The van der Waals surface area contributed by atoms with Crippen molar-refractivity contribution in [3.8, 4) is 5.88 Å². The van der Waals surface area contributed by atoms with Gasteiger partial charge >= 0.3 is 0 Å². The van der Waals surface area contributed by atoms with Gasteiger partial charge in [-0.15, -0.1) is 0 Å². The van der Waals surface area contributed by atoms with Gasteiger partial charge in [-0.25, -0.2) is 4.98 Å². The summed E-state index contributed by atoms with van der Waals surface area (Å²) < 4.78 is 10.4. The van der Waals surface area contributed by atoms with Crippen LogP contribution >= 0.6 is 0 Å². The molecule has 0 amide bonds. The van der Waals surface area contributed by atoms with Gasteiger partial charge in [0.15, 0.2) is 5.82 Å². The third-order valence-electron chi connectivity index (χ3n) is 4.60. The van der Waals surface area contributed by atoms with Crippen LogP contribution in [0.25, 0.3) is 0 Å². The number of likely N-dealkylation sites (tertiary alicyclic amines) is 1. The summed E-state index contributed by atoms with van der Waals surface area (Å²) in [6.45, 7) is 6.65. The van der Waals surface area contributed by atoms with Crippen molar-refractivity contribution in [1.82, 2.24) is 25.0 Å². The van der Waals surface area contributed by atoms with Gasteiger partial charge in [-0.2, -0.15) is 9.97 Å². The van der Waals surface area contributed by atoms with E-state index in [4.69, 9.17) is 9.26 Å². The molecular formula is C15H20N6O2. The molecule has 2 aliphatic rings. The van der Waals surface area contributed by atoms with Crippen molar-refractivity contribution in [3.63, 3.8) is 0 Å². The minimum absolute atomic E-state index is 0.612. The number of fused-ring (bicyclic) bond motifs is 1. The molecule has 0 aromatic carbocycles. The smallest absolute Gasteiger partial charge is 0.240 e. The maximum atomic E-state index is 5.22. The number of anilines is 1. The van der Waals surface area contributed by atoms with E-state index in [-0.39, 0.29) is 0 Å². The quantitative estimate of drug-likeness (QED) is 0.817. The molecule has 122 valence electrons. The van der Waals surface area contributed by atoms with E-state index in [2.05, 4.69) is 29.9 Å². The number of ether oxygens (including phenoxy) is 1. The highest BCUT2D eigenvalue weighted by Crippen LogP contribution is 2.33. The Morgan fingerprint density at radius 3 is 2.65 bits per heavy atom. The van der Waals surface area contributed by atoms with Crippen molar-refractivity contribution in [3.05, 3.63) is 24.0 Å². The first kappa shape index (κ1) is 14.4. The molecule has 8 heteroatoms. The monoisotopic (exact) mass is 316 g/mol. The van der Waals surface area contributed by atoms with Crippen molar-refractivity contribution in [2.45, 2.75) is 13.5 Å².